The first-order valence-electron chi connectivity index (χ1n) is 12.0. The fourth-order valence-electron chi connectivity index (χ4n) is 4.47. The number of hydrogen-bond donors (Lipinski definition) is 1. The molecule has 2 aliphatic rings. The Morgan fingerprint density at radius 1 is 0.839 bits per heavy atom. The Kier molecular flexibility index (Phi) is 10.5. The van der Waals surface area contributed by atoms with Gasteiger partial charge in [-0.1, -0.05) is 23.7 Å². The zero-order valence-corrected chi connectivity index (χ0v) is 20.3. The van der Waals surface area contributed by atoms with Gasteiger partial charge in [-0.25, -0.2) is 4.72 Å². The Morgan fingerprint density at radius 2 is 1.39 bits per heavy atom. The van der Waals surface area contributed by atoms with E-state index in [1.165, 1.54) is 51.9 Å². The van der Waals surface area contributed by atoms with Crippen LogP contribution in [0.25, 0.3) is 0 Å². The lowest BCUT2D eigenvalue weighted by Gasteiger charge is -2.23. The maximum atomic E-state index is 13.0. The fraction of sp³-hybridized carbons (Fsp3) is 0.739. The summed E-state index contributed by atoms with van der Waals surface area (Å²) in [6, 6.07) is 7.46. The van der Waals surface area contributed by atoms with Gasteiger partial charge >= 0.3 is 0 Å². The fourth-order valence-corrected chi connectivity index (χ4v) is 5.87. The highest BCUT2D eigenvalue weighted by atomic mass is 35.5. The molecule has 0 spiro atoms. The number of halogens is 1. The van der Waals surface area contributed by atoms with E-state index in [9.17, 15) is 8.42 Å². The Bertz CT molecular complexity index is 732. The quantitative estimate of drug-likeness (QED) is 0.421. The van der Waals surface area contributed by atoms with Gasteiger partial charge in [-0.3, -0.25) is 0 Å². The van der Waals surface area contributed by atoms with E-state index in [-0.39, 0.29) is 0 Å². The van der Waals surface area contributed by atoms with E-state index >= 15 is 0 Å². The Labute approximate surface area is 194 Å². The van der Waals surface area contributed by atoms with Crippen molar-refractivity contribution in [2.45, 2.75) is 57.9 Å². The molecule has 1 N–H and O–H groups in total. The van der Waals surface area contributed by atoms with E-state index in [2.05, 4.69) is 14.5 Å². The van der Waals surface area contributed by atoms with Gasteiger partial charge in [-0.15, -0.1) is 0 Å². The molecule has 2 aliphatic heterocycles. The van der Waals surface area contributed by atoms with Gasteiger partial charge in [-0.2, -0.15) is 12.7 Å². The molecule has 0 aliphatic carbocycles. The molecule has 2 fully saturated rings. The molecule has 0 saturated carbocycles. The molecule has 2 saturated heterocycles. The monoisotopic (exact) mass is 470 g/mol. The van der Waals surface area contributed by atoms with Crippen LogP contribution in [0.15, 0.2) is 24.3 Å². The van der Waals surface area contributed by atoms with Crippen LogP contribution in [0.3, 0.4) is 0 Å². The lowest BCUT2D eigenvalue weighted by atomic mass is 10.2. The SMILES string of the molecule is O=S(=O)(NCCCCN1CCCC1)N(CCCCN1CCCC1)Cc1ccc(Cl)cc1. The predicted molar refractivity (Wildman–Crippen MR) is 129 cm³/mol. The number of hydrogen-bond acceptors (Lipinski definition) is 4. The van der Waals surface area contributed by atoms with E-state index in [1.807, 2.05) is 24.3 Å². The standard InChI is InChI=1S/C23H39ClN4O2S/c24-23-11-9-22(10-12-23)21-28(20-8-7-19-27-17-5-6-18-27)31(29,30)25-13-1-2-14-26-15-3-4-16-26/h9-12,25H,1-8,13-21H2. The molecule has 0 amide bonds. The van der Waals surface area contributed by atoms with Crippen molar-refractivity contribution in [3.05, 3.63) is 34.9 Å². The Balaban J connectivity index is 1.46. The molecule has 6 nitrogen and oxygen atoms in total. The van der Waals surface area contributed by atoms with Crippen molar-refractivity contribution in [2.24, 2.45) is 0 Å². The summed E-state index contributed by atoms with van der Waals surface area (Å²) in [6.45, 7) is 8.32. The molecule has 0 atom stereocenters. The maximum Gasteiger partial charge on any atom is 0.279 e. The van der Waals surface area contributed by atoms with E-state index < -0.39 is 10.2 Å². The summed E-state index contributed by atoms with van der Waals surface area (Å²) in [5.74, 6) is 0. The smallest absolute Gasteiger partial charge is 0.279 e. The summed E-state index contributed by atoms with van der Waals surface area (Å²) in [6.07, 6.45) is 8.99. The van der Waals surface area contributed by atoms with E-state index in [1.54, 1.807) is 4.31 Å². The molecule has 1 aromatic rings. The normalized spacial score (nSPS) is 18.4. The second kappa shape index (κ2) is 13.1. The first kappa shape index (κ1) is 24.9. The van der Waals surface area contributed by atoms with Crippen LogP contribution in [0.2, 0.25) is 5.02 Å². The number of rotatable bonds is 14. The summed E-state index contributed by atoms with van der Waals surface area (Å²) in [5.41, 5.74) is 0.961. The van der Waals surface area contributed by atoms with Crippen LogP contribution < -0.4 is 4.72 Å². The summed E-state index contributed by atoms with van der Waals surface area (Å²) < 4.78 is 30.5. The topological polar surface area (TPSA) is 55.9 Å². The van der Waals surface area contributed by atoms with Gasteiger partial charge in [0.1, 0.15) is 0 Å². The molecule has 3 rings (SSSR count). The van der Waals surface area contributed by atoms with Crippen molar-refractivity contribution in [1.29, 1.82) is 0 Å². The van der Waals surface area contributed by atoms with E-state index in [4.69, 9.17) is 11.6 Å². The molecule has 0 radical (unpaired) electrons. The van der Waals surface area contributed by atoms with Gasteiger partial charge < -0.3 is 9.80 Å². The summed E-state index contributed by atoms with van der Waals surface area (Å²) >= 11 is 6.00. The Hall–Kier alpha value is -0.700. The molecule has 2 heterocycles. The Morgan fingerprint density at radius 3 is 1.97 bits per heavy atom. The molecular weight excluding hydrogens is 432 g/mol. The third kappa shape index (κ3) is 8.98. The average molecular weight is 471 g/mol. The third-order valence-electron chi connectivity index (χ3n) is 6.33. The van der Waals surface area contributed by atoms with Crippen molar-refractivity contribution in [3.63, 3.8) is 0 Å². The first-order chi connectivity index (χ1) is 15.0. The van der Waals surface area contributed by atoms with Gasteiger partial charge in [0.05, 0.1) is 0 Å². The second-order valence-electron chi connectivity index (χ2n) is 8.87. The largest absolute Gasteiger partial charge is 0.303 e. The van der Waals surface area contributed by atoms with Crippen molar-refractivity contribution in [1.82, 2.24) is 18.8 Å². The summed E-state index contributed by atoms with van der Waals surface area (Å²) in [7, 11) is -3.51. The van der Waals surface area contributed by atoms with Crippen molar-refractivity contribution in [3.8, 4) is 0 Å². The van der Waals surface area contributed by atoms with Crippen LogP contribution in [0.1, 0.15) is 56.9 Å². The van der Waals surface area contributed by atoms with Crippen LogP contribution in [0, 0.1) is 0 Å². The zero-order valence-electron chi connectivity index (χ0n) is 18.8. The van der Waals surface area contributed by atoms with Gasteiger partial charge in [-0.05, 0) is 108 Å². The minimum atomic E-state index is -3.51. The molecule has 0 aromatic heterocycles. The van der Waals surface area contributed by atoms with Gasteiger partial charge in [0, 0.05) is 24.7 Å². The van der Waals surface area contributed by atoms with Gasteiger partial charge in [0.15, 0.2) is 0 Å². The molecular formula is C23H39ClN4O2S. The lowest BCUT2D eigenvalue weighted by molar-refractivity contribution is 0.315. The van der Waals surface area contributed by atoms with E-state index in [0.29, 0.717) is 24.7 Å². The summed E-state index contributed by atoms with van der Waals surface area (Å²) in [4.78, 5) is 4.96. The van der Waals surface area contributed by atoms with Crippen LogP contribution in [0.4, 0.5) is 0 Å². The third-order valence-corrected chi connectivity index (χ3v) is 8.14. The number of nitrogens with zero attached hydrogens (tertiary/aromatic N) is 3. The number of likely N-dealkylation sites (tertiary alicyclic amines) is 2. The molecule has 176 valence electrons. The first-order valence-corrected chi connectivity index (χ1v) is 13.8. The van der Waals surface area contributed by atoms with E-state index in [0.717, 1.165) is 44.3 Å². The van der Waals surface area contributed by atoms with Crippen molar-refractivity contribution < 1.29 is 8.42 Å². The molecule has 1 aromatic carbocycles. The second-order valence-corrected chi connectivity index (χ2v) is 11.1. The van der Waals surface area contributed by atoms with Crippen LogP contribution in [-0.2, 0) is 16.8 Å². The zero-order chi connectivity index (χ0) is 21.9. The highest BCUT2D eigenvalue weighted by Crippen LogP contribution is 2.15. The van der Waals surface area contributed by atoms with Crippen LogP contribution in [0.5, 0.6) is 0 Å². The maximum absolute atomic E-state index is 13.0. The molecule has 31 heavy (non-hydrogen) atoms. The minimum absolute atomic E-state index is 0.379. The number of benzene rings is 1. The predicted octanol–water partition coefficient (Wildman–Crippen LogP) is 3.73. The average Bonchev–Trinajstić information content (AvgIpc) is 3.45. The highest BCUT2D eigenvalue weighted by molar-refractivity contribution is 7.87. The summed E-state index contributed by atoms with van der Waals surface area (Å²) in [5, 5.41) is 0.667. The van der Waals surface area contributed by atoms with Crippen LogP contribution >= 0.6 is 11.6 Å². The molecule has 8 heteroatoms. The van der Waals surface area contributed by atoms with Gasteiger partial charge in [0.2, 0.25) is 0 Å². The number of unbranched alkanes of at least 4 members (excludes halogenated alkanes) is 2. The van der Waals surface area contributed by atoms with Crippen molar-refractivity contribution >= 4 is 21.8 Å². The molecule has 0 unspecified atom stereocenters. The molecule has 0 bridgehead atoms. The minimum Gasteiger partial charge on any atom is -0.303 e. The highest BCUT2D eigenvalue weighted by Gasteiger charge is 2.22. The van der Waals surface area contributed by atoms with Crippen molar-refractivity contribution in [2.75, 3.05) is 52.4 Å². The van der Waals surface area contributed by atoms with Crippen LogP contribution in [-0.4, -0.2) is 74.9 Å². The number of nitrogens with one attached hydrogen (secondary N) is 1. The lowest BCUT2D eigenvalue weighted by Crippen LogP contribution is -2.41. The van der Waals surface area contributed by atoms with Gasteiger partial charge in [0.25, 0.3) is 10.2 Å².